The monoisotopic (exact) mass is 314 g/mol. The van der Waals surface area contributed by atoms with Gasteiger partial charge in [0.2, 0.25) is 0 Å². The van der Waals surface area contributed by atoms with Crippen molar-refractivity contribution in [2.24, 2.45) is 0 Å². The third-order valence-electron chi connectivity index (χ3n) is 3.75. The molecule has 0 radical (unpaired) electrons. The number of likely N-dealkylation sites (N-methyl/N-ethyl adjacent to an activating group) is 1. The molecule has 5 nitrogen and oxygen atoms in total. The van der Waals surface area contributed by atoms with Gasteiger partial charge in [-0.3, -0.25) is 9.69 Å². The first-order valence-electron chi connectivity index (χ1n) is 7.14. The van der Waals surface area contributed by atoms with E-state index in [1.807, 2.05) is 0 Å². The number of carbonyl (C=O) groups excluding carboxylic acids is 1. The van der Waals surface area contributed by atoms with E-state index in [2.05, 4.69) is 21.9 Å². The van der Waals surface area contributed by atoms with E-state index >= 15 is 0 Å². The van der Waals surface area contributed by atoms with Gasteiger partial charge in [-0.15, -0.1) is 0 Å². The van der Waals surface area contributed by atoms with Crippen molar-refractivity contribution in [1.29, 1.82) is 0 Å². The molecule has 1 amide bonds. The fourth-order valence-corrected chi connectivity index (χ4v) is 2.53. The molecule has 1 aliphatic heterocycles. The fraction of sp³-hybridized carbons (Fsp3) is 0.533. The van der Waals surface area contributed by atoms with Crippen LogP contribution in [0, 0.1) is 0 Å². The first-order chi connectivity index (χ1) is 10.5. The number of likely N-dealkylation sites (tertiary alicyclic amines) is 1. The number of nitrogens with zero attached hydrogens (tertiary/aromatic N) is 1. The Morgan fingerprint density at radius 2 is 2.05 bits per heavy atom. The predicted octanol–water partition coefficient (Wildman–Crippen LogP) is 1.74. The number of halogens is 2. The number of alkyl halides is 2. The van der Waals surface area contributed by atoms with Gasteiger partial charge < -0.3 is 14.8 Å². The van der Waals surface area contributed by atoms with E-state index in [-0.39, 0.29) is 23.8 Å². The average molecular weight is 314 g/mol. The minimum Gasteiger partial charge on any atom is -0.435 e. The maximum absolute atomic E-state index is 12.2. The molecule has 0 spiro atoms. The summed E-state index contributed by atoms with van der Waals surface area (Å²) in [5, 5.41) is 2.93. The van der Waals surface area contributed by atoms with Crippen molar-refractivity contribution >= 4 is 5.91 Å². The van der Waals surface area contributed by atoms with E-state index in [4.69, 9.17) is 4.74 Å². The van der Waals surface area contributed by atoms with E-state index < -0.39 is 6.61 Å². The minimum atomic E-state index is -2.87. The number of nitrogens with one attached hydrogen (secondary N) is 1. The SMILES string of the molecule is CCN1C[C@H](NC(=O)c2ccc(OC(F)F)cc2)[C@@H](OC)C1. The standard InChI is InChI=1S/C15H20F2N2O3/c1-3-19-8-12(13(9-19)21-2)18-14(20)10-4-6-11(7-5-10)22-15(16)17/h4-7,12-13,15H,3,8-9H2,1-2H3,(H,18,20)/t12-,13-/m0/s1. The number of hydrogen-bond acceptors (Lipinski definition) is 4. The summed E-state index contributed by atoms with van der Waals surface area (Å²) >= 11 is 0. The summed E-state index contributed by atoms with van der Waals surface area (Å²) in [5.74, 6) is -0.229. The van der Waals surface area contributed by atoms with Crippen LogP contribution in [0.1, 0.15) is 17.3 Å². The Hall–Kier alpha value is -1.73. The maximum atomic E-state index is 12.2. The Bertz CT molecular complexity index is 496. The Morgan fingerprint density at radius 1 is 1.36 bits per heavy atom. The number of amides is 1. The van der Waals surface area contributed by atoms with Crippen LogP contribution >= 0.6 is 0 Å². The Balaban J connectivity index is 1.96. The van der Waals surface area contributed by atoms with Gasteiger partial charge in [0.05, 0.1) is 12.1 Å². The van der Waals surface area contributed by atoms with Gasteiger partial charge in [-0.1, -0.05) is 6.92 Å². The molecule has 1 fully saturated rings. The van der Waals surface area contributed by atoms with Crippen molar-refractivity contribution in [2.75, 3.05) is 26.7 Å². The molecule has 0 aliphatic carbocycles. The molecule has 1 aromatic carbocycles. The predicted molar refractivity (Wildman–Crippen MR) is 77.2 cm³/mol. The van der Waals surface area contributed by atoms with Crippen molar-refractivity contribution in [3.05, 3.63) is 29.8 Å². The van der Waals surface area contributed by atoms with Crippen LogP contribution in [-0.4, -0.2) is 56.3 Å². The largest absolute Gasteiger partial charge is 0.435 e. The third kappa shape index (κ3) is 4.14. The van der Waals surface area contributed by atoms with Crippen LogP contribution in [-0.2, 0) is 4.74 Å². The number of rotatable bonds is 6. The molecule has 0 bridgehead atoms. The first-order valence-corrected chi connectivity index (χ1v) is 7.14. The van der Waals surface area contributed by atoms with Crippen molar-refractivity contribution in [3.63, 3.8) is 0 Å². The highest BCUT2D eigenvalue weighted by molar-refractivity contribution is 5.94. The molecule has 122 valence electrons. The lowest BCUT2D eigenvalue weighted by Gasteiger charge is -2.18. The fourth-order valence-electron chi connectivity index (χ4n) is 2.53. The van der Waals surface area contributed by atoms with Crippen LogP contribution < -0.4 is 10.1 Å². The third-order valence-corrected chi connectivity index (χ3v) is 3.75. The number of hydrogen-bond donors (Lipinski definition) is 1. The van der Waals surface area contributed by atoms with E-state index in [1.165, 1.54) is 24.3 Å². The van der Waals surface area contributed by atoms with Gasteiger partial charge in [-0.25, -0.2) is 0 Å². The van der Waals surface area contributed by atoms with Crippen LogP contribution in [0.15, 0.2) is 24.3 Å². The number of methoxy groups -OCH3 is 1. The zero-order valence-electron chi connectivity index (χ0n) is 12.6. The van der Waals surface area contributed by atoms with Gasteiger partial charge in [-0.05, 0) is 30.8 Å². The zero-order valence-corrected chi connectivity index (χ0v) is 12.6. The minimum absolute atomic E-state index is 0.0272. The van der Waals surface area contributed by atoms with Crippen LogP contribution in [0.5, 0.6) is 5.75 Å². The summed E-state index contributed by atoms with van der Waals surface area (Å²) < 4.78 is 33.8. The first kappa shape index (κ1) is 16.6. The van der Waals surface area contributed by atoms with Crippen LogP contribution in [0.3, 0.4) is 0 Å². The van der Waals surface area contributed by atoms with E-state index in [0.29, 0.717) is 5.56 Å². The Morgan fingerprint density at radius 3 is 2.59 bits per heavy atom. The highest BCUT2D eigenvalue weighted by Crippen LogP contribution is 2.16. The molecule has 1 saturated heterocycles. The van der Waals surface area contributed by atoms with Crippen molar-refractivity contribution in [3.8, 4) is 5.75 Å². The average Bonchev–Trinajstić information content (AvgIpc) is 2.89. The quantitative estimate of drug-likeness (QED) is 0.869. The molecule has 1 heterocycles. The van der Waals surface area contributed by atoms with Crippen molar-refractivity contribution < 1.29 is 23.0 Å². The highest BCUT2D eigenvalue weighted by Gasteiger charge is 2.33. The normalized spacial score (nSPS) is 22.0. The topological polar surface area (TPSA) is 50.8 Å². The van der Waals surface area contributed by atoms with Crippen LogP contribution in [0.4, 0.5) is 8.78 Å². The highest BCUT2D eigenvalue weighted by atomic mass is 19.3. The molecule has 0 unspecified atom stereocenters. The molecule has 22 heavy (non-hydrogen) atoms. The molecule has 2 atom stereocenters. The van der Waals surface area contributed by atoms with Crippen molar-refractivity contribution in [1.82, 2.24) is 10.2 Å². The summed E-state index contributed by atoms with van der Waals surface area (Å²) in [5.41, 5.74) is 0.395. The molecule has 1 aliphatic rings. The number of ether oxygens (including phenoxy) is 2. The lowest BCUT2D eigenvalue weighted by molar-refractivity contribution is -0.0498. The Kier molecular flexibility index (Phi) is 5.68. The second-order valence-corrected chi connectivity index (χ2v) is 5.11. The molecule has 1 N–H and O–H groups in total. The molecule has 0 saturated carbocycles. The zero-order chi connectivity index (χ0) is 16.1. The smallest absolute Gasteiger partial charge is 0.387 e. The van der Waals surface area contributed by atoms with E-state index in [1.54, 1.807) is 7.11 Å². The van der Waals surface area contributed by atoms with Gasteiger partial charge in [0.1, 0.15) is 5.75 Å². The van der Waals surface area contributed by atoms with Gasteiger partial charge in [-0.2, -0.15) is 8.78 Å². The molecular formula is C15H20F2N2O3. The lowest BCUT2D eigenvalue weighted by Crippen LogP contribution is -2.43. The summed E-state index contributed by atoms with van der Waals surface area (Å²) in [6.07, 6.45) is -0.0506. The van der Waals surface area contributed by atoms with E-state index in [9.17, 15) is 13.6 Å². The Labute approximate surface area is 128 Å². The molecular weight excluding hydrogens is 294 g/mol. The van der Waals surface area contributed by atoms with Gasteiger partial charge in [0, 0.05) is 25.8 Å². The summed E-state index contributed by atoms with van der Waals surface area (Å²) in [6, 6.07) is 5.53. The van der Waals surface area contributed by atoms with Gasteiger partial charge in [0.15, 0.2) is 0 Å². The molecule has 1 aromatic rings. The maximum Gasteiger partial charge on any atom is 0.387 e. The van der Waals surface area contributed by atoms with Crippen LogP contribution in [0.2, 0.25) is 0 Å². The second kappa shape index (κ2) is 7.51. The number of carbonyl (C=O) groups is 1. The second-order valence-electron chi connectivity index (χ2n) is 5.11. The molecule has 2 rings (SSSR count). The van der Waals surface area contributed by atoms with Gasteiger partial charge >= 0.3 is 6.61 Å². The summed E-state index contributed by atoms with van der Waals surface area (Å²) in [7, 11) is 1.62. The molecule has 0 aromatic heterocycles. The van der Waals surface area contributed by atoms with Gasteiger partial charge in [0.25, 0.3) is 5.91 Å². The molecule has 7 heteroatoms. The summed E-state index contributed by atoms with van der Waals surface area (Å²) in [6.45, 7) is 1.58. The van der Waals surface area contributed by atoms with E-state index in [0.717, 1.165) is 19.6 Å². The number of benzene rings is 1. The lowest BCUT2D eigenvalue weighted by atomic mass is 10.1. The summed E-state index contributed by atoms with van der Waals surface area (Å²) in [4.78, 5) is 14.4. The van der Waals surface area contributed by atoms with Crippen molar-refractivity contribution in [2.45, 2.75) is 25.7 Å². The van der Waals surface area contributed by atoms with Crippen LogP contribution in [0.25, 0.3) is 0 Å².